The van der Waals surface area contributed by atoms with E-state index < -0.39 is 12.1 Å². The lowest BCUT2D eigenvalue weighted by molar-refractivity contribution is 0.177. The molecule has 0 spiro atoms. The van der Waals surface area contributed by atoms with Crippen LogP contribution < -0.4 is 4.90 Å². The average molecular weight is 387 g/mol. The van der Waals surface area contributed by atoms with Crippen LogP contribution in [0.5, 0.6) is 0 Å². The molecular formula is C20H19ClN2O4. The zero-order valence-electron chi connectivity index (χ0n) is 14.9. The highest BCUT2D eigenvalue weighted by atomic mass is 35.5. The van der Waals surface area contributed by atoms with E-state index in [1.54, 1.807) is 25.1 Å². The second-order valence-electron chi connectivity index (χ2n) is 5.96. The van der Waals surface area contributed by atoms with Gasteiger partial charge in [-0.25, -0.2) is 4.79 Å². The first kappa shape index (κ1) is 18.9. The van der Waals surface area contributed by atoms with E-state index in [1.807, 2.05) is 36.4 Å². The third kappa shape index (κ3) is 3.82. The Kier molecular flexibility index (Phi) is 5.78. The van der Waals surface area contributed by atoms with Gasteiger partial charge in [-0.2, -0.15) is 0 Å². The molecule has 0 aliphatic carbocycles. The minimum Gasteiger partial charge on any atom is -0.465 e. The molecule has 1 amide bonds. The van der Waals surface area contributed by atoms with Crippen molar-refractivity contribution < 1.29 is 19.2 Å². The van der Waals surface area contributed by atoms with Crippen LogP contribution in [-0.2, 0) is 11.3 Å². The summed E-state index contributed by atoms with van der Waals surface area (Å²) in [6.07, 6.45) is -1.14. The largest absolute Gasteiger partial charge is 0.465 e. The van der Waals surface area contributed by atoms with Gasteiger partial charge in [-0.3, -0.25) is 4.90 Å². The molecule has 0 saturated heterocycles. The molecule has 1 aromatic heterocycles. The standard InChI is InChI=1S/C20H19ClN2O4/c1-13(15-10-6-7-11-16(15)21)23(20(24)25)18-17(12-26-2)22-27-19(18)14-8-4-3-5-9-14/h3-11,13H,12H2,1-2H3,(H,24,25). The summed E-state index contributed by atoms with van der Waals surface area (Å²) in [5.41, 5.74) is 2.16. The topological polar surface area (TPSA) is 75.8 Å². The summed E-state index contributed by atoms with van der Waals surface area (Å²) < 4.78 is 10.7. The van der Waals surface area contributed by atoms with E-state index in [4.69, 9.17) is 20.9 Å². The maximum Gasteiger partial charge on any atom is 0.412 e. The lowest BCUT2D eigenvalue weighted by Crippen LogP contribution is -2.33. The van der Waals surface area contributed by atoms with E-state index in [0.717, 1.165) is 5.56 Å². The van der Waals surface area contributed by atoms with Gasteiger partial charge in [-0.05, 0) is 18.6 Å². The van der Waals surface area contributed by atoms with Gasteiger partial charge in [-0.1, -0.05) is 65.3 Å². The highest BCUT2D eigenvalue weighted by molar-refractivity contribution is 6.31. The predicted octanol–water partition coefficient (Wildman–Crippen LogP) is 5.39. The van der Waals surface area contributed by atoms with Crippen LogP contribution in [0.2, 0.25) is 5.02 Å². The molecule has 0 aliphatic rings. The van der Waals surface area contributed by atoms with Gasteiger partial charge < -0.3 is 14.4 Å². The fourth-order valence-corrected chi connectivity index (χ4v) is 3.28. The number of methoxy groups -OCH3 is 1. The summed E-state index contributed by atoms with van der Waals surface area (Å²) in [6.45, 7) is 1.89. The maximum atomic E-state index is 12.2. The molecule has 3 rings (SSSR count). The van der Waals surface area contributed by atoms with Crippen LogP contribution in [0, 0.1) is 0 Å². The Morgan fingerprint density at radius 3 is 2.52 bits per heavy atom. The Labute approximate surface area is 161 Å². The Bertz CT molecular complexity index is 927. The van der Waals surface area contributed by atoms with Gasteiger partial charge in [0.2, 0.25) is 0 Å². The van der Waals surface area contributed by atoms with Crippen molar-refractivity contribution in [3.8, 4) is 11.3 Å². The van der Waals surface area contributed by atoms with Crippen molar-refractivity contribution in [1.82, 2.24) is 5.16 Å². The molecule has 2 aromatic carbocycles. The molecule has 1 unspecified atom stereocenters. The minimum absolute atomic E-state index is 0.116. The van der Waals surface area contributed by atoms with Gasteiger partial charge in [0, 0.05) is 17.7 Å². The van der Waals surface area contributed by atoms with E-state index in [0.29, 0.717) is 27.7 Å². The molecule has 7 heteroatoms. The Morgan fingerprint density at radius 2 is 1.89 bits per heavy atom. The van der Waals surface area contributed by atoms with Crippen molar-refractivity contribution >= 4 is 23.4 Å². The molecule has 0 fully saturated rings. The third-order valence-corrected chi connectivity index (χ3v) is 4.59. The highest BCUT2D eigenvalue weighted by Gasteiger charge is 2.32. The Morgan fingerprint density at radius 1 is 1.22 bits per heavy atom. The highest BCUT2D eigenvalue weighted by Crippen LogP contribution is 2.40. The molecule has 0 bridgehead atoms. The van der Waals surface area contributed by atoms with Gasteiger partial charge >= 0.3 is 6.09 Å². The van der Waals surface area contributed by atoms with E-state index >= 15 is 0 Å². The fraction of sp³-hybridized carbons (Fsp3) is 0.200. The number of carbonyl (C=O) groups is 1. The summed E-state index contributed by atoms with van der Waals surface area (Å²) in [5, 5.41) is 14.5. The molecule has 27 heavy (non-hydrogen) atoms. The first-order valence-electron chi connectivity index (χ1n) is 8.34. The van der Waals surface area contributed by atoms with Gasteiger partial charge in [0.25, 0.3) is 0 Å². The van der Waals surface area contributed by atoms with E-state index in [2.05, 4.69) is 5.16 Å². The first-order valence-corrected chi connectivity index (χ1v) is 8.71. The second-order valence-corrected chi connectivity index (χ2v) is 6.36. The molecule has 0 aliphatic heterocycles. The number of amides is 1. The smallest absolute Gasteiger partial charge is 0.412 e. The third-order valence-electron chi connectivity index (χ3n) is 4.24. The maximum absolute atomic E-state index is 12.2. The van der Waals surface area contributed by atoms with Crippen molar-refractivity contribution in [2.24, 2.45) is 0 Å². The van der Waals surface area contributed by atoms with Crippen LogP contribution in [0.15, 0.2) is 59.1 Å². The fourth-order valence-electron chi connectivity index (χ4n) is 2.99. The minimum atomic E-state index is -1.14. The molecule has 6 nitrogen and oxygen atoms in total. The van der Waals surface area contributed by atoms with Crippen LogP contribution in [0.25, 0.3) is 11.3 Å². The molecule has 1 atom stereocenters. The van der Waals surface area contributed by atoms with Gasteiger partial charge in [0.1, 0.15) is 11.4 Å². The monoisotopic (exact) mass is 386 g/mol. The zero-order valence-corrected chi connectivity index (χ0v) is 15.7. The number of anilines is 1. The van der Waals surface area contributed by atoms with Gasteiger partial charge in [0.05, 0.1) is 12.6 Å². The summed E-state index contributed by atoms with van der Waals surface area (Å²) in [6, 6.07) is 15.8. The van der Waals surface area contributed by atoms with Crippen molar-refractivity contribution in [2.75, 3.05) is 12.0 Å². The lowest BCUT2D eigenvalue weighted by Gasteiger charge is -2.27. The molecule has 3 aromatic rings. The number of hydrogen-bond donors (Lipinski definition) is 1. The number of nitrogens with zero attached hydrogens (tertiary/aromatic N) is 2. The average Bonchev–Trinajstić information content (AvgIpc) is 3.06. The number of rotatable bonds is 6. The second kappa shape index (κ2) is 8.24. The predicted molar refractivity (Wildman–Crippen MR) is 103 cm³/mol. The molecule has 1 heterocycles. The number of aromatic nitrogens is 1. The van der Waals surface area contributed by atoms with E-state index in [1.165, 1.54) is 12.0 Å². The molecule has 1 N–H and O–H groups in total. The van der Waals surface area contributed by atoms with Gasteiger partial charge in [0.15, 0.2) is 5.76 Å². The molecule has 0 saturated carbocycles. The number of hydrogen-bond acceptors (Lipinski definition) is 4. The zero-order chi connectivity index (χ0) is 19.4. The van der Waals surface area contributed by atoms with Gasteiger partial charge in [-0.15, -0.1) is 0 Å². The number of halogens is 1. The van der Waals surface area contributed by atoms with Crippen LogP contribution in [0.4, 0.5) is 10.5 Å². The first-order chi connectivity index (χ1) is 13.0. The summed E-state index contributed by atoms with van der Waals surface area (Å²) >= 11 is 6.30. The van der Waals surface area contributed by atoms with Crippen molar-refractivity contribution in [3.05, 3.63) is 70.9 Å². The number of benzene rings is 2. The SMILES string of the molecule is COCc1noc(-c2ccccc2)c1N(C(=O)O)C(C)c1ccccc1Cl. The number of ether oxygens (including phenoxy) is 1. The molecule has 140 valence electrons. The summed E-state index contributed by atoms with van der Waals surface area (Å²) in [4.78, 5) is 13.5. The van der Waals surface area contributed by atoms with E-state index in [9.17, 15) is 9.90 Å². The van der Waals surface area contributed by atoms with Crippen molar-refractivity contribution in [1.29, 1.82) is 0 Å². The summed E-state index contributed by atoms with van der Waals surface area (Å²) in [5.74, 6) is 0.365. The normalized spacial score (nSPS) is 12.0. The van der Waals surface area contributed by atoms with Crippen LogP contribution >= 0.6 is 11.6 Å². The van der Waals surface area contributed by atoms with Crippen molar-refractivity contribution in [2.45, 2.75) is 19.6 Å². The molecular weight excluding hydrogens is 368 g/mol. The quantitative estimate of drug-likeness (QED) is 0.614. The van der Waals surface area contributed by atoms with E-state index in [-0.39, 0.29) is 6.61 Å². The van der Waals surface area contributed by atoms with Crippen LogP contribution in [0.3, 0.4) is 0 Å². The Balaban J connectivity index is 2.16. The lowest BCUT2D eigenvalue weighted by atomic mass is 10.0. The Hall–Kier alpha value is -2.83. The number of carboxylic acid groups (broad SMARTS) is 1. The molecule has 0 radical (unpaired) electrons. The summed E-state index contributed by atoms with van der Waals surface area (Å²) in [7, 11) is 1.52. The van der Waals surface area contributed by atoms with Crippen LogP contribution in [-0.4, -0.2) is 23.5 Å². The van der Waals surface area contributed by atoms with Crippen molar-refractivity contribution in [3.63, 3.8) is 0 Å². The van der Waals surface area contributed by atoms with Crippen LogP contribution in [0.1, 0.15) is 24.2 Å².